The monoisotopic (exact) mass is 371 g/mol. The van der Waals surface area contributed by atoms with E-state index in [-0.39, 0.29) is 5.43 Å². The van der Waals surface area contributed by atoms with Gasteiger partial charge in [-0.25, -0.2) is 0 Å². The second-order valence-electron chi connectivity index (χ2n) is 5.55. The fraction of sp³-hybridized carbons (Fsp3) is 0.211. The van der Waals surface area contributed by atoms with Crippen LogP contribution in [0.1, 0.15) is 6.92 Å². The molecule has 23 heavy (non-hydrogen) atoms. The fourth-order valence-electron chi connectivity index (χ4n) is 2.72. The van der Waals surface area contributed by atoms with Crippen molar-refractivity contribution in [2.75, 3.05) is 11.9 Å². The van der Waals surface area contributed by atoms with Crippen molar-refractivity contribution in [1.82, 2.24) is 4.57 Å². The van der Waals surface area contributed by atoms with Gasteiger partial charge in [0.15, 0.2) is 5.43 Å². The molecule has 0 amide bonds. The Balaban J connectivity index is 2.19. The number of pyridine rings is 1. The molecule has 3 aromatic rings. The number of alkyl halides is 1. The summed E-state index contributed by atoms with van der Waals surface area (Å²) in [6.07, 6.45) is 2.03. The molecule has 0 bridgehead atoms. The van der Waals surface area contributed by atoms with Crippen molar-refractivity contribution in [3.63, 3.8) is 0 Å². The molecule has 0 spiro atoms. The Bertz CT molecular complexity index is 957. The Hall–Kier alpha value is -2.07. The van der Waals surface area contributed by atoms with Crippen LogP contribution in [0.2, 0.25) is 0 Å². The highest BCUT2D eigenvalue weighted by Gasteiger charge is 2.12. The third-order valence-electron chi connectivity index (χ3n) is 3.97. The van der Waals surface area contributed by atoms with Gasteiger partial charge < -0.3 is 9.30 Å². The third kappa shape index (κ3) is 2.91. The molecule has 0 aliphatic carbocycles. The summed E-state index contributed by atoms with van der Waals surface area (Å²) >= 11 is 3.42. The largest absolute Gasteiger partial charge is 0.487 e. The maximum Gasteiger partial charge on any atom is 0.197 e. The second-order valence-corrected chi connectivity index (χ2v) is 6.11. The van der Waals surface area contributed by atoms with Crippen LogP contribution in [-0.2, 0) is 7.05 Å². The first-order valence-corrected chi connectivity index (χ1v) is 8.60. The van der Waals surface area contributed by atoms with Crippen molar-refractivity contribution in [2.24, 2.45) is 7.05 Å². The molecule has 0 radical (unpaired) electrons. The highest BCUT2D eigenvalue weighted by atomic mass is 79.9. The zero-order chi connectivity index (χ0) is 16.4. The molecule has 0 unspecified atom stereocenters. The minimum atomic E-state index is 0.0475. The Morgan fingerprint density at radius 2 is 1.91 bits per heavy atom. The first-order chi connectivity index (χ1) is 11.1. The standard InChI is InChI=1S/C19H18BrNO2/c1-13(12-20)10-11-23-17-9-5-7-15-18(17)21(2)16-8-4-3-6-14(16)19(15)22/h3-10H,11-12H2,1-2H3/b13-10+. The fourth-order valence-corrected chi connectivity index (χ4v) is 2.95. The van der Waals surface area contributed by atoms with Gasteiger partial charge in [0.2, 0.25) is 0 Å². The summed E-state index contributed by atoms with van der Waals surface area (Å²) in [5, 5.41) is 2.24. The van der Waals surface area contributed by atoms with Gasteiger partial charge >= 0.3 is 0 Å². The van der Waals surface area contributed by atoms with Gasteiger partial charge in [-0.15, -0.1) is 0 Å². The number of hydrogen-bond donors (Lipinski definition) is 0. The minimum Gasteiger partial charge on any atom is -0.487 e. The van der Waals surface area contributed by atoms with Crippen LogP contribution in [-0.4, -0.2) is 16.5 Å². The zero-order valence-corrected chi connectivity index (χ0v) is 14.8. The molecule has 0 N–H and O–H groups in total. The number of aromatic nitrogens is 1. The summed E-state index contributed by atoms with van der Waals surface area (Å²) in [6.45, 7) is 2.53. The Labute approximate surface area is 143 Å². The minimum absolute atomic E-state index is 0.0475. The number of ether oxygens (including phenoxy) is 1. The van der Waals surface area contributed by atoms with Crippen LogP contribution in [0.5, 0.6) is 5.75 Å². The SMILES string of the molecule is C/C(=C\COc1cccc2c(=O)c3ccccc3n(C)c12)CBr. The summed E-state index contributed by atoms with van der Waals surface area (Å²) in [5.41, 5.74) is 3.00. The maximum absolute atomic E-state index is 12.7. The van der Waals surface area contributed by atoms with Crippen LogP contribution in [0.15, 0.2) is 58.9 Å². The van der Waals surface area contributed by atoms with Crippen LogP contribution in [0.3, 0.4) is 0 Å². The molecule has 3 nitrogen and oxygen atoms in total. The number of fused-ring (bicyclic) bond motifs is 2. The normalized spacial score (nSPS) is 12.0. The van der Waals surface area contributed by atoms with Crippen molar-refractivity contribution in [2.45, 2.75) is 6.92 Å². The van der Waals surface area contributed by atoms with Crippen LogP contribution in [0.25, 0.3) is 21.8 Å². The molecule has 1 aromatic heterocycles. The lowest BCUT2D eigenvalue weighted by molar-refractivity contribution is 0.365. The van der Waals surface area contributed by atoms with E-state index in [4.69, 9.17) is 4.74 Å². The summed E-state index contributed by atoms with van der Waals surface area (Å²) in [7, 11) is 1.97. The summed E-state index contributed by atoms with van der Waals surface area (Å²) in [5.74, 6) is 0.728. The average Bonchev–Trinajstić information content (AvgIpc) is 2.59. The van der Waals surface area contributed by atoms with Gasteiger partial charge in [-0.1, -0.05) is 39.7 Å². The number of benzene rings is 2. The van der Waals surface area contributed by atoms with Crippen LogP contribution >= 0.6 is 15.9 Å². The predicted octanol–water partition coefficient (Wildman–Crippen LogP) is 4.41. The van der Waals surface area contributed by atoms with E-state index in [0.29, 0.717) is 12.0 Å². The van der Waals surface area contributed by atoms with E-state index < -0.39 is 0 Å². The van der Waals surface area contributed by atoms with Crippen molar-refractivity contribution < 1.29 is 4.74 Å². The average molecular weight is 372 g/mol. The molecular weight excluding hydrogens is 354 g/mol. The zero-order valence-electron chi connectivity index (χ0n) is 13.2. The number of hydrogen-bond acceptors (Lipinski definition) is 2. The predicted molar refractivity (Wildman–Crippen MR) is 99.7 cm³/mol. The second kappa shape index (κ2) is 6.59. The topological polar surface area (TPSA) is 31.2 Å². The number of halogens is 1. The van der Waals surface area contributed by atoms with E-state index in [1.165, 1.54) is 5.57 Å². The lowest BCUT2D eigenvalue weighted by Gasteiger charge is -2.14. The smallest absolute Gasteiger partial charge is 0.197 e. The molecule has 118 valence electrons. The van der Waals surface area contributed by atoms with E-state index in [1.54, 1.807) is 0 Å². The van der Waals surface area contributed by atoms with E-state index >= 15 is 0 Å². The van der Waals surface area contributed by atoms with Crippen molar-refractivity contribution in [3.8, 4) is 5.75 Å². The van der Waals surface area contributed by atoms with E-state index in [0.717, 1.165) is 27.5 Å². The lowest BCUT2D eigenvalue weighted by Crippen LogP contribution is -2.10. The summed E-state index contributed by atoms with van der Waals surface area (Å²) in [6, 6.07) is 13.3. The molecule has 0 aliphatic heterocycles. The van der Waals surface area contributed by atoms with Crippen LogP contribution < -0.4 is 10.2 Å². The highest BCUT2D eigenvalue weighted by molar-refractivity contribution is 9.09. The summed E-state index contributed by atoms with van der Waals surface area (Å²) < 4.78 is 7.95. The van der Waals surface area contributed by atoms with Crippen LogP contribution in [0, 0.1) is 0 Å². The molecule has 2 aromatic carbocycles. The van der Waals surface area contributed by atoms with Crippen LogP contribution in [0.4, 0.5) is 0 Å². The molecule has 3 rings (SSSR count). The van der Waals surface area contributed by atoms with Gasteiger partial charge in [0.05, 0.1) is 16.4 Å². The number of para-hydroxylation sites is 2. The lowest BCUT2D eigenvalue weighted by atomic mass is 10.1. The molecule has 4 heteroatoms. The van der Waals surface area contributed by atoms with Crippen molar-refractivity contribution in [3.05, 3.63) is 64.3 Å². The Morgan fingerprint density at radius 3 is 2.70 bits per heavy atom. The Kier molecular flexibility index (Phi) is 4.53. The number of allylic oxidation sites excluding steroid dienone is 1. The molecular formula is C19H18BrNO2. The Morgan fingerprint density at radius 1 is 1.17 bits per heavy atom. The molecule has 0 saturated heterocycles. The van der Waals surface area contributed by atoms with Gasteiger partial charge in [-0.3, -0.25) is 4.79 Å². The molecule has 0 atom stereocenters. The molecule has 0 fully saturated rings. The van der Waals surface area contributed by atoms with Gasteiger partial charge in [-0.05, 0) is 37.3 Å². The molecule has 0 aliphatic rings. The third-order valence-corrected chi connectivity index (χ3v) is 4.85. The van der Waals surface area contributed by atoms with Gasteiger partial charge in [0, 0.05) is 17.8 Å². The highest BCUT2D eigenvalue weighted by Crippen LogP contribution is 2.26. The van der Waals surface area contributed by atoms with E-state index in [2.05, 4.69) is 15.9 Å². The quantitative estimate of drug-likeness (QED) is 0.386. The number of nitrogens with zero attached hydrogens (tertiary/aromatic N) is 1. The maximum atomic E-state index is 12.7. The first kappa shape index (κ1) is 15.8. The molecule has 0 saturated carbocycles. The molecule has 1 heterocycles. The van der Waals surface area contributed by atoms with Crippen molar-refractivity contribution in [1.29, 1.82) is 0 Å². The first-order valence-electron chi connectivity index (χ1n) is 7.48. The number of aryl methyl sites for hydroxylation is 1. The van der Waals surface area contributed by atoms with Gasteiger partial charge in [0.25, 0.3) is 0 Å². The van der Waals surface area contributed by atoms with E-state index in [9.17, 15) is 4.79 Å². The van der Waals surface area contributed by atoms with Gasteiger partial charge in [-0.2, -0.15) is 0 Å². The van der Waals surface area contributed by atoms with Gasteiger partial charge in [0.1, 0.15) is 12.4 Å². The van der Waals surface area contributed by atoms with Crippen molar-refractivity contribution >= 4 is 37.7 Å². The number of rotatable bonds is 4. The summed E-state index contributed by atoms with van der Waals surface area (Å²) in [4.78, 5) is 12.7. The van der Waals surface area contributed by atoms with E-state index in [1.807, 2.05) is 67.1 Å².